The number of rotatable bonds is 5. The Bertz CT molecular complexity index is 473. The Hall–Kier alpha value is -0.740. The van der Waals surface area contributed by atoms with Gasteiger partial charge in [0, 0.05) is 16.9 Å². The van der Waals surface area contributed by atoms with E-state index in [-0.39, 0.29) is 18.4 Å². The molecule has 1 atom stereocenters. The first kappa shape index (κ1) is 16.3. The van der Waals surface area contributed by atoms with Crippen LogP contribution in [-0.4, -0.2) is 12.1 Å². The van der Waals surface area contributed by atoms with E-state index in [9.17, 15) is 0 Å². The summed E-state index contributed by atoms with van der Waals surface area (Å²) in [6.07, 6.45) is 1.00. The average Bonchev–Trinajstić information content (AvgIpc) is 2.87. The van der Waals surface area contributed by atoms with Gasteiger partial charge in [-0.2, -0.15) is 0 Å². The molecule has 0 fully saturated rings. The third kappa shape index (κ3) is 4.39. The molecule has 0 N–H and O–H groups in total. The highest BCUT2D eigenvalue weighted by Crippen LogP contribution is 2.28. The zero-order valence-corrected chi connectivity index (χ0v) is 13.3. The molecule has 104 valence electrons. The molecule has 2 aromatic rings. The minimum Gasteiger partial charge on any atom is -0.406 e. The number of thiophene rings is 1. The van der Waals surface area contributed by atoms with Gasteiger partial charge >= 0.3 is 0 Å². The summed E-state index contributed by atoms with van der Waals surface area (Å²) in [5.41, 5.74) is 0. The van der Waals surface area contributed by atoms with Crippen molar-refractivity contribution in [1.82, 2.24) is 5.06 Å². The van der Waals surface area contributed by atoms with Crippen LogP contribution < -0.4 is 4.84 Å². The summed E-state index contributed by atoms with van der Waals surface area (Å²) in [4.78, 5) is 7.14. The predicted octanol–water partition coefficient (Wildman–Crippen LogP) is 5.20. The first-order valence-electron chi connectivity index (χ1n) is 5.90. The summed E-state index contributed by atoms with van der Waals surface area (Å²) in [7, 11) is 1.96. The summed E-state index contributed by atoms with van der Waals surface area (Å²) >= 11 is 7.61. The van der Waals surface area contributed by atoms with Gasteiger partial charge in [0.2, 0.25) is 0 Å². The van der Waals surface area contributed by atoms with Crippen LogP contribution in [0.2, 0.25) is 5.02 Å². The van der Waals surface area contributed by atoms with E-state index >= 15 is 0 Å². The standard InChI is InChI=1S/C14H16ClNOS.ClH/c1-3-13(14-5-4-10-18-14)16(2)17-12-8-6-11(15)7-9-12;/h4-10,13H,3H2,1-2H3;1H. The van der Waals surface area contributed by atoms with Gasteiger partial charge in [-0.25, -0.2) is 0 Å². The molecule has 1 aromatic carbocycles. The monoisotopic (exact) mass is 317 g/mol. The fraction of sp³-hybridized carbons (Fsp3) is 0.286. The maximum atomic E-state index is 5.85. The molecule has 19 heavy (non-hydrogen) atoms. The van der Waals surface area contributed by atoms with Crippen molar-refractivity contribution in [3.63, 3.8) is 0 Å². The molecule has 2 nitrogen and oxygen atoms in total. The van der Waals surface area contributed by atoms with Crippen LogP contribution in [0.5, 0.6) is 5.75 Å². The lowest BCUT2D eigenvalue weighted by Gasteiger charge is -2.25. The van der Waals surface area contributed by atoms with Gasteiger partial charge in [0.1, 0.15) is 5.75 Å². The lowest BCUT2D eigenvalue weighted by atomic mass is 10.2. The van der Waals surface area contributed by atoms with Crippen molar-refractivity contribution in [1.29, 1.82) is 0 Å². The van der Waals surface area contributed by atoms with Crippen molar-refractivity contribution >= 4 is 35.3 Å². The van der Waals surface area contributed by atoms with Crippen LogP contribution in [0.1, 0.15) is 24.3 Å². The molecular weight excluding hydrogens is 301 g/mol. The molecular formula is C14H17Cl2NOS. The zero-order chi connectivity index (χ0) is 13.0. The molecule has 0 aliphatic rings. The topological polar surface area (TPSA) is 12.5 Å². The Labute approximate surface area is 129 Å². The third-order valence-electron chi connectivity index (χ3n) is 2.76. The van der Waals surface area contributed by atoms with Crippen LogP contribution in [0.25, 0.3) is 0 Å². The number of hydrogen-bond donors (Lipinski definition) is 0. The minimum atomic E-state index is 0. The third-order valence-corrected chi connectivity index (χ3v) is 3.99. The van der Waals surface area contributed by atoms with Crippen LogP contribution in [0.4, 0.5) is 0 Å². The maximum absolute atomic E-state index is 5.85. The normalized spacial score (nSPS) is 12.0. The first-order chi connectivity index (χ1) is 8.70. The fourth-order valence-corrected chi connectivity index (χ4v) is 2.91. The molecule has 0 radical (unpaired) electrons. The van der Waals surface area contributed by atoms with Crippen molar-refractivity contribution in [3.8, 4) is 5.75 Å². The van der Waals surface area contributed by atoms with Gasteiger partial charge in [-0.05, 0) is 42.1 Å². The quantitative estimate of drug-likeness (QED) is 0.703. The first-order valence-corrected chi connectivity index (χ1v) is 7.16. The van der Waals surface area contributed by atoms with Crippen LogP contribution in [-0.2, 0) is 0 Å². The minimum absolute atomic E-state index is 0. The lowest BCUT2D eigenvalue weighted by molar-refractivity contribution is -0.0724. The molecule has 1 unspecified atom stereocenters. The van der Waals surface area contributed by atoms with Gasteiger partial charge in [-0.3, -0.25) is 0 Å². The van der Waals surface area contributed by atoms with Crippen molar-refractivity contribution < 1.29 is 4.84 Å². The van der Waals surface area contributed by atoms with E-state index < -0.39 is 0 Å². The van der Waals surface area contributed by atoms with Crippen molar-refractivity contribution in [2.24, 2.45) is 0 Å². The van der Waals surface area contributed by atoms with Gasteiger partial charge in [0.15, 0.2) is 0 Å². The molecule has 0 spiro atoms. The lowest BCUT2D eigenvalue weighted by Crippen LogP contribution is -2.27. The van der Waals surface area contributed by atoms with Crippen LogP contribution in [0, 0.1) is 0 Å². The maximum Gasteiger partial charge on any atom is 0.147 e. The van der Waals surface area contributed by atoms with E-state index in [0.29, 0.717) is 0 Å². The number of hydroxylamine groups is 2. The fourth-order valence-electron chi connectivity index (χ4n) is 1.84. The molecule has 0 saturated carbocycles. The second kappa shape index (κ2) is 7.75. The van der Waals surface area contributed by atoms with E-state index in [1.807, 2.05) is 36.4 Å². The largest absolute Gasteiger partial charge is 0.406 e. The molecule has 0 aliphatic carbocycles. The zero-order valence-electron chi connectivity index (χ0n) is 10.9. The molecule has 0 saturated heterocycles. The van der Waals surface area contributed by atoms with Gasteiger partial charge in [-0.1, -0.05) is 24.6 Å². The Morgan fingerprint density at radius 3 is 2.47 bits per heavy atom. The average molecular weight is 318 g/mol. The summed E-state index contributed by atoms with van der Waals surface area (Å²) in [5.74, 6) is 0.803. The van der Waals surface area contributed by atoms with Gasteiger partial charge in [0.05, 0.1) is 6.04 Å². The Balaban J connectivity index is 0.00000180. The number of nitrogens with zero attached hydrogens (tertiary/aromatic N) is 1. The van der Waals surface area contributed by atoms with E-state index in [2.05, 4.69) is 24.4 Å². The van der Waals surface area contributed by atoms with Crippen molar-refractivity contribution in [3.05, 3.63) is 51.7 Å². The van der Waals surface area contributed by atoms with E-state index in [1.54, 1.807) is 11.3 Å². The molecule has 2 rings (SSSR count). The molecule has 0 aliphatic heterocycles. The van der Waals surface area contributed by atoms with Crippen molar-refractivity contribution in [2.75, 3.05) is 7.05 Å². The van der Waals surface area contributed by atoms with Crippen LogP contribution in [0.15, 0.2) is 41.8 Å². The highest BCUT2D eigenvalue weighted by molar-refractivity contribution is 7.10. The summed E-state index contributed by atoms with van der Waals surface area (Å²) < 4.78 is 0. The molecule has 0 amide bonds. The Morgan fingerprint density at radius 1 is 1.26 bits per heavy atom. The highest BCUT2D eigenvalue weighted by Gasteiger charge is 2.17. The molecule has 1 aromatic heterocycles. The summed E-state index contributed by atoms with van der Waals surface area (Å²) in [6, 6.07) is 11.9. The molecule has 5 heteroatoms. The van der Waals surface area contributed by atoms with E-state index in [0.717, 1.165) is 17.2 Å². The van der Waals surface area contributed by atoms with E-state index in [4.69, 9.17) is 16.4 Å². The summed E-state index contributed by atoms with van der Waals surface area (Å²) in [5, 5.41) is 4.71. The molecule has 0 bridgehead atoms. The second-order valence-corrected chi connectivity index (χ2v) is 5.45. The number of halogens is 2. The number of benzene rings is 1. The second-order valence-electron chi connectivity index (χ2n) is 4.03. The van der Waals surface area contributed by atoms with Crippen LogP contribution in [0.3, 0.4) is 0 Å². The SMILES string of the molecule is CCC(c1cccs1)N(C)Oc1ccc(Cl)cc1.Cl. The van der Waals surface area contributed by atoms with Crippen LogP contribution >= 0.6 is 35.3 Å². The number of hydrogen-bond acceptors (Lipinski definition) is 3. The van der Waals surface area contributed by atoms with E-state index in [1.165, 1.54) is 4.88 Å². The highest BCUT2D eigenvalue weighted by atomic mass is 35.5. The Morgan fingerprint density at radius 2 is 1.95 bits per heavy atom. The van der Waals surface area contributed by atoms with Gasteiger partial charge in [-0.15, -0.1) is 28.8 Å². The predicted molar refractivity (Wildman–Crippen MR) is 84.4 cm³/mol. The van der Waals surface area contributed by atoms with Crippen molar-refractivity contribution in [2.45, 2.75) is 19.4 Å². The van der Waals surface area contributed by atoms with Gasteiger partial charge < -0.3 is 4.84 Å². The Kier molecular flexibility index (Phi) is 6.66. The van der Waals surface area contributed by atoms with Gasteiger partial charge in [0.25, 0.3) is 0 Å². The smallest absolute Gasteiger partial charge is 0.147 e. The molecule has 1 heterocycles. The summed E-state index contributed by atoms with van der Waals surface area (Å²) in [6.45, 7) is 2.16.